The van der Waals surface area contributed by atoms with Crippen LogP contribution in [-0.2, 0) is 14.8 Å². The van der Waals surface area contributed by atoms with Crippen molar-refractivity contribution in [1.29, 1.82) is 0 Å². The highest BCUT2D eigenvalue weighted by atomic mass is 35.5. The first-order valence-electron chi connectivity index (χ1n) is 11.7. The molecular weight excluding hydrogens is 474 g/mol. The number of rotatable bonds is 6. The van der Waals surface area contributed by atoms with Crippen LogP contribution < -0.4 is 5.32 Å². The topological polar surface area (TPSA) is 86.8 Å². The molecule has 0 aliphatic carbocycles. The quantitative estimate of drug-likeness (QED) is 0.654. The maximum absolute atomic E-state index is 13.4. The number of nitrogens with one attached hydrogen (secondary N) is 1. The molecule has 0 radical (unpaired) electrons. The Morgan fingerprint density at radius 3 is 2.21 bits per heavy atom. The van der Waals surface area contributed by atoms with Crippen LogP contribution in [0.3, 0.4) is 0 Å². The Hall–Kier alpha value is -2.42. The number of benzene rings is 2. The number of halogens is 1. The summed E-state index contributed by atoms with van der Waals surface area (Å²) in [5, 5.41) is 3.48. The maximum Gasteiger partial charge on any atom is 0.252 e. The van der Waals surface area contributed by atoms with Crippen LogP contribution in [0.25, 0.3) is 0 Å². The van der Waals surface area contributed by atoms with E-state index in [0.29, 0.717) is 49.6 Å². The largest absolute Gasteiger partial charge is 0.341 e. The highest BCUT2D eigenvalue weighted by Gasteiger charge is 2.38. The normalized spacial score (nSPS) is 18.6. The summed E-state index contributed by atoms with van der Waals surface area (Å²) in [6.45, 7) is 3.84. The van der Waals surface area contributed by atoms with E-state index in [4.69, 9.17) is 11.6 Å². The van der Waals surface area contributed by atoms with E-state index in [1.165, 1.54) is 16.4 Å². The molecule has 34 heavy (non-hydrogen) atoms. The monoisotopic (exact) mass is 503 g/mol. The number of carbonyl (C=O) groups excluding carboxylic acids is 2. The van der Waals surface area contributed by atoms with Crippen LogP contribution in [0.4, 0.5) is 0 Å². The van der Waals surface area contributed by atoms with Gasteiger partial charge in [-0.15, -0.1) is 0 Å². The van der Waals surface area contributed by atoms with Gasteiger partial charge in [0.25, 0.3) is 5.91 Å². The summed E-state index contributed by atoms with van der Waals surface area (Å²) in [5.74, 6) is -0.483. The van der Waals surface area contributed by atoms with Crippen molar-refractivity contribution in [3.63, 3.8) is 0 Å². The van der Waals surface area contributed by atoms with Crippen LogP contribution in [0.15, 0.2) is 53.4 Å². The van der Waals surface area contributed by atoms with Gasteiger partial charge in [-0.3, -0.25) is 9.59 Å². The zero-order chi connectivity index (χ0) is 24.3. The molecular formula is C25H30ClN3O4S. The first-order chi connectivity index (χ1) is 16.3. The lowest BCUT2D eigenvalue weighted by molar-refractivity contribution is -0.133. The lowest BCUT2D eigenvalue weighted by atomic mass is 9.89. The van der Waals surface area contributed by atoms with Crippen molar-refractivity contribution >= 4 is 33.4 Å². The van der Waals surface area contributed by atoms with Crippen LogP contribution in [-0.4, -0.2) is 61.7 Å². The lowest BCUT2D eigenvalue weighted by Crippen LogP contribution is -2.54. The molecule has 2 aromatic rings. The van der Waals surface area contributed by atoms with Crippen LogP contribution in [0.5, 0.6) is 0 Å². The number of nitrogens with zero attached hydrogens (tertiary/aromatic N) is 2. The zero-order valence-electron chi connectivity index (χ0n) is 19.2. The molecule has 2 aliphatic rings. The van der Waals surface area contributed by atoms with E-state index < -0.39 is 16.1 Å². The molecule has 7 nitrogen and oxygen atoms in total. The maximum atomic E-state index is 13.4. The Morgan fingerprint density at radius 2 is 1.59 bits per heavy atom. The molecule has 1 N–H and O–H groups in total. The second-order valence-electron chi connectivity index (χ2n) is 8.99. The number of piperidine rings is 1. The first kappa shape index (κ1) is 24.7. The Kier molecular flexibility index (Phi) is 7.60. The fourth-order valence-corrected chi connectivity index (χ4v) is 6.36. The Labute approximate surface area is 206 Å². The van der Waals surface area contributed by atoms with Crippen molar-refractivity contribution in [1.82, 2.24) is 14.5 Å². The van der Waals surface area contributed by atoms with Crippen molar-refractivity contribution in [2.45, 2.75) is 43.5 Å². The molecule has 0 unspecified atom stereocenters. The minimum atomic E-state index is -3.64. The fourth-order valence-electron chi connectivity index (χ4n) is 4.77. The minimum Gasteiger partial charge on any atom is -0.341 e. The zero-order valence-corrected chi connectivity index (χ0v) is 20.8. The predicted molar refractivity (Wildman–Crippen MR) is 131 cm³/mol. The number of hydrogen-bond acceptors (Lipinski definition) is 4. The summed E-state index contributed by atoms with van der Waals surface area (Å²) < 4.78 is 27.6. The molecule has 2 amide bonds. The third kappa shape index (κ3) is 5.29. The molecule has 2 aliphatic heterocycles. The van der Waals surface area contributed by atoms with Gasteiger partial charge in [0, 0.05) is 36.8 Å². The molecule has 9 heteroatoms. The average Bonchev–Trinajstić information content (AvgIpc) is 3.38. The molecule has 2 heterocycles. The van der Waals surface area contributed by atoms with Crippen molar-refractivity contribution in [3.8, 4) is 0 Å². The van der Waals surface area contributed by atoms with Gasteiger partial charge < -0.3 is 10.2 Å². The smallest absolute Gasteiger partial charge is 0.252 e. The SMILES string of the molecule is Cc1ccccc1C(=O)N[C@@H](C(=O)N1CCCC1)C1CCN(S(=O)(=O)c2ccc(Cl)cc2)CC1. The molecule has 1 atom stereocenters. The van der Waals surface area contributed by atoms with Gasteiger partial charge in [-0.2, -0.15) is 4.31 Å². The van der Waals surface area contributed by atoms with Gasteiger partial charge in [0.1, 0.15) is 6.04 Å². The second kappa shape index (κ2) is 10.5. The van der Waals surface area contributed by atoms with Gasteiger partial charge in [-0.1, -0.05) is 29.8 Å². The summed E-state index contributed by atoms with van der Waals surface area (Å²) >= 11 is 5.90. The standard InChI is InChI=1S/C25H30ClN3O4S/c1-18-6-2-3-7-22(18)24(30)27-23(25(31)28-14-4-5-15-28)19-12-16-29(17-13-19)34(32,33)21-10-8-20(26)9-11-21/h2-3,6-11,19,23H,4-5,12-17H2,1H3,(H,27,30)/t23-/m1/s1. The molecule has 2 aromatic carbocycles. The number of amides is 2. The third-order valence-corrected chi connectivity index (χ3v) is 8.95. The van der Waals surface area contributed by atoms with E-state index in [1.54, 1.807) is 24.3 Å². The number of aryl methyl sites for hydroxylation is 1. The van der Waals surface area contributed by atoms with Gasteiger partial charge in [0.05, 0.1) is 4.90 Å². The molecule has 0 aromatic heterocycles. The van der Waals surface area contributed by atoms with Crippen LogP contribution in [0.2, 0.25) is 5.02 Å². The first-order valence-corrected chi connectivity index (χ1v) is 13.5. The summed E-state index contributed by atoms with van der Waals surface area (Å²) in [5.41, 5.74) is 1.39. The molecule has 0 saturated carbocycles. The molecule has 0 bridgehead atoms. The summed E-state index contributed by atoms with van der Waals surface area (Å²) in [6, 6.07) is 12.8. The average molecular weight is 504 g/mol. The van der Waals surface area contributed by atoms with E-state index >= 15 is 0 Å². The summed E-state index contributed by atoms with van der Waals surface area (Å²) in [7, 11) is -3.64. The van der Waals surface area contributed by atoms with Gasteiger partial charge >= 0.3 is 0 Å². The van der Waals surface area contributed by atoms with Gasteiger partial charge in [0.15, 0.2) is 0 Å². The van der Waals surface area contributed by atoms with E-state index in [9.17, 15) is 18.0 Å². The minimum absolute atomic E-state index is 0.0709. The fraction of sp³-hybridized carbons (Fsp3) is 0.440. The Morgan fingerprint density at radius 1 is 0.971 bits per heavy atom. The van der Waals surface area contributed by atoms with Gasteiger partial charge in [-0.05, 0) is 74.4 Å². The number of sulfonamides is 1. The number of carbonyl (C=O) groups is 2. The summed E-state index contributed by atoms with van der Waals surface area (Å²) in [6.07, 6.45) is 2.90. The van der Waals surface area contributed by atoms with E-state index in [2.05, 4.69) is 5.32 Å². The van der Waals surface area contributed by atoms with Crippen LogP contribution in [0.1, 0.15) is 41.6 Å². The summed E-state index contributed by atoms with van der Waals surface area (Å²) in [4.78, 5) is 28.5. The van der Waals surface area contributed by atoms with Gasteiger partial charge in [-0.25, -0.2) is 8.42 Å². The Balaban J connectivity index is 1.50. The van der Waals surface area contributed by atoms with Crippen molar-refractivity contribution in [3.05, 3.63) is 64.7 Å². The van der Waals surface area contributed by atoms with Gasteiger partial charge in [0.2, 0.25) is 15.9 Å². The molecule has 2 saturated heterocycles. The van der Waals surface area contributed by atoms with Crippen molar-refractivity contribution in [2.75, 3.05) is 26.2 Å². The predicted octanol–water partition coefficient (Wildman–Crippen LogP) is 3.47. The molecule has 4 rings (SSSR count). The van der Waals surface area contributed by atoms with E-state index in [0.717, 1.165) is 18.4 Å². The van der Waals surface area contributed by atoms with Crippen molar-refractivity contribution in [2.24, 2.45) is 5.92 Å². The van der Waals surface area contributed by atoms with E-state index in [-0.39, 0.29) is 22.6 Å². The van der Waals surface area contributed by atoms with Crippen molar-refractivity contribution < 1.29 is 18.0 Å². The van der Waals surface area contributed by atoms with Crippen LogP contribution >= 0.6 is 11.6 Å². The second-order valence-corrected chi connectivity index (χ2v) is 11.4. The number of hydrogen-bond donors (Lipinski definition) is 1. The lowest BCUT2D eigenvalue weighted by Gasteiger charge is -2.36. The highest BCUT2D eigenvalue weighted by molar-refractivity contribution is 7.89. The third-order valence-electron chi connectivity index (χ3n) is 6.78. The Bertz CT molecular complexity index is 1140. The number of likely N-dealkylation sites (tertiary alicyclic amines) is 1. The van der Waals surface area contributed by atoms with E-state index in [1.807, 2.05) is 24.0 Å². The van der Waals surface area contributed by atoms with Crippen LogP contribution in [0, 0.1) is 12.8 Å². The highest BCUT2D eigenvalue weighted by Crippen LogP contribution is 2.28. The molecule has 182 valence electrons. The molecule has 2 fully saturated rings. The molecule has 0 spiro atoms.